The van der Waals surface area contributed by atoms with Crippen molar-refractivity contribution in [3.05, 3.63) is 35.6 Å². The fourth-order valence-electron chi connectivity index (χ4n) is 3.72. The van der Waals surface area contributed by atoms with Crippen molar-refractivity contribution >= 4 is 0 Å². The highest BCUT2D eigenvalue weighted by Crippen LogP contribution is 2.55. The van der Waals surface area contributed by atoms with Crippen LogP contribution in [0.3, 0.4) is 0 Å². The van der Waals surface area contributed by atoms with Crippen molar-refractivity contribution in [1.82, 2.24) is 5.32 Å². The van der Waals surface area contributed by atoms with E-state index in [0.29, 0.717) is 12.0 Å². The Hall–Kier alpha value is -0.890. The van der Waals surface area contributed by atoms with E-state index in [1.165, 1.54) is 12.0 Å². The molecule has 18 heavy (non-hydrogen) atoms. The van der Waals surface area contributed by atoms with Crippen LogP contribution in [0.25, 0.3) is 0 Å². The van der Waals surface area contributed by atoms with Gasteiger partial charge in [0.1, 0.15) is 5.82 Å². The molecule has 1 fully saturated rings. The van der Waals surface area contributed by atoms with Crippen LogP contribution in [-0.4, -0.2) is 13.1 Å². The maximum absolute atomic E-state index is 13.0. The number of benzene rings is 1. The van der Waals surface area contributed by atoms with Gasteiger partial charge in [-0.2, -0.15) is 0 Å². The minimum absolute atomic E-state index is 0.0878. The van der Waals surface area contributed by atoms with Gasteiger partial charge in [-0.15, -0.1) is 0 Å². The van der Waals surface area contributed by atoms with Crippen molar-refractivity contribution in [2.24, 2.45) is 11.3 Å². The molecule has 0 radical (unpaired) electrons. The highest BCUT2D eigenvalue weighted by atomic mass is 19.1. The molecule has 1 aromatic carbocycles. The average Bonchev–Trinajstić information content (AvgIpc) is 2.28. The Balaban J connectivity index is 2.25. The minimum atomic E-state index is -0.157. The molecule has 0 heterocycles. The van der Waals surface area contributed by atoms with Crippen LogP contribution in [0.2, 0.25) is 0 Å². The van der Waals surface area contributed by atoms with Gasteiger partial charge in [-0.25, -0.2) is 4.39 Å². The largest absolute Gasteiger partial charge is 0.316 e. The first-order valence-corrected chi connectivity index (χ1v) is 6.73. The molecule has 1 saturated carbocycles. The van der Waals surface area contributed by atoms with Gasteiger partial charge in [0.05, 0.1) is 0 Å². The molecule has 1 aliphatic rings. The molecular formula is C16H24FN. The quantitative estimate of drug-likeness (QED) is 0.860. The summed E-state index contributed by atoms with van der Waals surface area (Å²) >= 11 is 0. The number of nitrogens with one attached hydrogen (secondary N) is 1. The minimum Gasteiger partial charge on any atom is -0.316 e. The number of hydrogen-bond acceptors (Lipinski definition) is 1. The second-order valence-electron chi connectivity index (χ2n) is 6.68. The summed E-state index contributed by atoms with van der Waals surface area (Å²) in [6.45, 7) is 9.21. The molecule has 1 nitrogen and oxygen atoms in total. The molecule has 0 spiro atoms. The van der Waals surface area contributed by atoms with Crippen LogP contribution >= 0.6 is 0 Å². The summed E-state index contributed by atoms with van der Waals surface area (Å²) in [7, 11) is 2.04. The van der Waals surface area contributed by atoms with E-state index in [2.05, 4.69) is 33.0 Å². The van der Waals surface area contributed by atoms with E-state index in [0.717, 1.165) is 0 Å². The molecule has 1 N–H and O–H groups in total. The smallest absolute Gasteiger partial charge is 0.123 e. The molecular weight excluding hydrogens is 225 g/mol. The van der Waals surface area contributed by atoms with Gasteiger partial charge in [0, 0.05) is 6.04 Å². The predicted octanol–water partition coefficient (Wildman–Crippen LogP) is 3.74. The molecule has 1 aromatic rings. The van der Waals surface area contributed by atoms with E-state index in [1.807, 2.05) is 19.2 Å². The molecule has 0 aromatic heterocycles. The number of hydrogen-bond donors (Lipinski definition) is 1. The van der Waals surface area contributed by atoms with Gasteiger partial charge in [-0.3, -0.25) is 0 Å². The summed E-state index contributed by atoms with van der Waals surface area (Å²) in [4.78, 5) is 0. The summed E-state index contributed by atoms with van der Waals surface area (Å²) in [5.41, 5.74) is 1.61. The summed E-state index contributed by atoms with van der Waals surface area (Å²) in [5, 5.41) is 3.39. The molecule has 0 amide bonds. The summed E-state index contributed by atoms with van der Waals surface area (Å²) in [6.07, 6.45) is 1.19. The molecule has 2 heteroatoms. The maximum Gasteiger partial charge on any atom is 0.123 e. The fourth-order valence-corrected chi connectivity index (χ4v) is 3.72. The van der Waals surface area contributed by atoms with E-state index in [-0.39, 0.29) is 16.6 Å². The average molecular weight is 249 g/mol. The van der Waals surface area contributed by atoms with E-state index in [1.54, 1.807) is 12.1 Å². The fraction of sp³-hybridized carbons (Fsp3) is 0.625. The lowest BCUT2D eigenvalue weighted by Crippen LogP contribution is -2.61. The normalized spacial score (nSPS) is 26.8. The molecule has 100 valence electrons. The number of rotatable bonds is 3. The molecule has 0 saturated heterocycles. The molecule has 0 bridgehead atoms. The zero-order chi connectivity index (χ0) is 13.6. The Labute approximate surface area is 110 Å². The van der Waals surface area contributed by atoms with Crippen molar-refractivity contribution in [3.63, 3.8) is 0 Å². The van der Waals surface area contributed by atoms with Crippen molar-refractivity contribution < 1.29 is 4.39 Å². The maximum atomic E-state index is 13.0. The second kappa shape index (κ2) is 4.34. The van der Waals surface area contributed by atoms with Crippen LogP contribution < -0.4 is 5.32 Å². The highest BCUT2D eigenvalue weighted by Gasteiger charge is 2.53. The Morgan fingerprint density at radius 2 is 1.78 bits per heavy atom. The Morgan fingerprint density at radius 3 is 2.22 bits per heavy atom. The predicted molar refractivity (Wildman–Crippen MR) is 74.2 cm³/mol. The van der Waals surface area contributed by atoms with Crippen LogP contribution in [0.4, 0.5) is 4.39 Å². The molecule has 2 atom stereocenters. The van der Waals surface area contributed by atoms with Gasteiger partial charge in [-0.1, -0.05) is 39.8 Å². The number of halogens is 1. The lowest BCUT2D eigenvalue weighted by molar-refractivity contribution is -0.0286. The SMILES string of the molecule is CNC1CC(C(C)(C)c2ccc(F)cc2)C1(C)C. The third kappa shape index (κ3) is 1.97. The zero-order valence-corrected chi connectivity index (χ0v) is 12.0. The monoisotopic (exact) mass is 249 g/mol. The van der Waals surface area contributed by atoms with Crippen LogP contribution in [-0.2, 0) is 5.41 Å². The summed E-state index contributed by atoms with van der Waals surface area (Å²) < 4.78 is 13.0. The van der Waals surface area contributed by atoms with Crippen molar-refractivity contribution in [1.29, 1.82) is 0 Å². The van der Waals surface area contributed by atoms with E-state index >= 15 is 0 Å². The summed E-state index contributed by atoms with van der Waals surface area (Å²) in [6, 6.07) is 7.58. The molecule has 1 aliphatic carbocycles. The molecule has 2 rings (SSSR count). The Bertz CT molecular complexity index is 419. The van der Waals surface area contributed by atoms with Gasteiger partial charge in [-0.05, 0) is 47.9 Å². The van der Waals surface area contributed by atoms with Gasteiger partial charge < -0.3 is 5.32 Å². The lowest BCUT2D eigenvalue weighted by atomic mass is 9.49. The Kier molecular flexibility index (Phi) is 3.26. The van der Waals surface area contributed by atoms with Crippen LogP contribution in [0.1, 0.15) is 39.7 Å². The third-order valence-electron chi connectivity index (χ3n) is 5.08. The van der Waals surface area contributed by atoms with Gasteiger partial charge in [0.15, 0.2) is 0 Å². The van der Waals surface area contributed by atoms with Gasteiger partial charge in [0.25, 0.3) is 0 Å². The highest BCUT2D eigenvalue weighted by molar-refractivity contribution is 5.28. The topological polar surface area (TPSA) is 12.0 Å². The second-order valence-corrected chi connectivity index (χ2v) is 6.68. The van der Waals surface area contributed by atoms with Crippen LogP contribution in [0, 0.1) is 17.2 Å². The Morgan fingerprint density at radius 1 is 1.22 bits per heavy atom. The van der Waals surface area contributed by atoms with Gasteiger partial charge in [0.2, 0.25) is 0 Å². The van der Waals surface area contributed by atoms with Gasteiger partial charge >= 0.3 is 0 Å². The first-order chi connectivity index (χ1) is 8.30. The first kappa shape index (κ1) is 13.5. The van der Waals surface area contributed by atoms with E-state index in [4.69, 9.17) is 0 Å². The van der Waals surface area contributed by atoms with Crippen LogP contribution in [0.5, 0.6) is 0 Å². The van der Waals surface area contributed by atoms with Crippen molar-refractivity contribution in [3.8, 4) is 0 Å². The molecule has 2 unspecified atom stereocenters. The van der Waals surface area contributed by atoms with E-state index in [9.17, 15) is 4.39 Å². The third-order valence-corrected chi connectivity index (χ3v) is 5.08. The summed E-state index contributed by atoms with van der Waals surface area (Å²) in [5.74, 6) is 0.462. The first-order valence-electron chi connectivity index (χ1n) is 6.73. The zero-order valence-electron chi connectivity index (χ0n) is 12.0. The van der Waals surface area contributed by atoms with Crippen LogP contribution in [0.15, 0.2) is 24.3 Å². The van der Waals surface area contributed by atoms with Crippen molar-refractivity contribution in [2.75, 3.05) is 7.05 Å². The standard InChI is InChI=1S/C16H24FN/c1-15(2,11-6-8-12(17)9-7-11)13-10-14(18-5)16(13,3)4/h6-9,13-14,18H,10H2,1-5H3. The molecule has 0 aliphatic heterocycles. The lowest BCUT2D eigenvalue weighted by Gasteiger charge is -2.58. The van der Waals surface area contributed by atoms with Crippen molar-refractivity contribution in [2.45, 2.75) is 45.6 Å². The van der Waals surface area contributed by atoms with E-state index < -0.39 is 0 Å².